The van der Waals surface area contributed by atoms with Crippen molar-refractivity contribution < 1.29 is 14.3 Å². The number of benzene rings is 2. The van der Waals surface area contributed by atoms with Crippen LogP contribution in [-0.4, -0.2) is 17.2 Å². The molecule has 1 amide bonds. The number of rotatable bonds is 3. The molecular weight excluding hydrogens is 487 g/mol. The van der Waals surface area contributed by atoms with Crippen LogP contribution in [0.3, 0.4) is 0 Å². The van der Waals surface area contributed by atoms with E-state index in [1.807, 2.05) is 0 Å². The minimum absolute atomic E-state index is 0.0227. The fraction of sp³-hybridized carbons (Fsp3) is 0. The van der Waals surface area contributed by atoms with E-state index in [-0.39, 0.29) is 11.3 Å². The summed E-state index contributed by atoms with van der Waals surface area (Å²) in [6.07, 6.45) is 1.38. The lowest BCUT2D eigenvalue weighted by Gasteiger charge is -2.06. The van der Waals surface area contributed by atoms with E-state index in [0.717, 1.165) is 0 Å². The zero-order valence-electron chi connectivity index (χ0n) is 10.8. The Kier molecular flexibility index (Phi) is 5.71. The van der Waals surface area contributed by atoms with Crippen molar-refractivity contribution in [1.82, 2.24) is 5.43 Å². The number of hydrogen-bond acceptors (Lipinski definition) is 3. The Balaban J connectivity index is 2.15. The van der Waals surface area contributed by atoms with E-state index in [0.29, 0.717) is 19.0 Å². The SMILES string of the molecule is O=C(N/N=C\c1c(Br)cc(Br)c(O)c1Br)c1ccc(F)cc1. The van der Waals surface area contributed by atoms with Gasteiger partial charge < -0.3 is 5.11 Å². The van der Waals surface area contributed by atoms with Crippen LogP contribution in [0.5, 0.6) is 5.75 Å². The van der Waals surface area contributed by atoms with Gasteiger partial charge in [0.25, 0.3) is 5.91 Å². The third kappa shape index (κ3) is 3.93. The molecule has 2 aromatic rings. The summed E-state index contributed by atoms with van der Waals surface area (Å²) in [7, 11) is 0. The van der Waals surface area contributed by atoms with Crippen molar-refractivity contribution >= 4 is 59.9 Å². The van der Waals surface area contributed by atoms with Gasteiger partial charge in [-0.3, -0.25) is 4.79 Å². The number of phenols is 1. The Bertz CT molecular complexity index is 749. The maximum absolute atomic E-state index is 12.8. The summed E-state index contributed by atoms with van der Waals surface area (Å²) in [5.74, 6) is -0.863. The number of nitrogens with zero attached hydrogens (tertiary/aromatic N) is 1. The molecule has 114 valence electrons. The Labute approximate surface area is 150 Å². The highest BCUT2D eigenvalue weighted by molar-refractivity contribution is 9.11. The summed E-state index contributed by atoms with van der Waals surface area (Å²) in [6, 6.07) is 6.76. The summed E-state index contributed by atoms with van der Waals surface area (Å²) in [5.41, 5.74) is 3.17. The second-order valence-corrected chi connectivity index (χ2v) is 6.62. The van der Waals surface area contributed by atoms with Crippen molar-refractivity contribution in [2.75, 3.05) is 0 Å². The smallest absolute Gasteiger partial charge is 0.271 e. The number of halogens is 4. The largest absolute Gasteiger partial charge is 0.506 e. The highest BCUT2D eigenvalue weighted by atomic mass is 79.9. The summed E-state index contributed by atoms with van der Waals surface area (Å²) in [6.45, 7) is 0. The van der Waals surface area contributed by atoms with Gasteiger partial charge in [0.1, 0.15) is 11.6 Å². The quantitative estimate of drug-likeness (QED) is 0.484. The van der Waals surface area contributed by atoms with Gasteiger partial charge in [-0.05, 0) is 62.2 Å². The van der Waals surface area contributed by atoms with Crippen LogP contribution in [0.2, 0.25) is 0 Å². The third-order valence-corrected chi connectivity index (χ3v) is 4.71. The van der Waals surface area contributed by atoms with Gasteiger partial charge in [0.2, 0.25) is 0 Å². The number of hydrogen-bond donors (Lipinski definition) is 2. The molecule has 0 aliphatic heterocycles. The van der Waals surface area contributed by atoms with Crippen LogP contribution < -0.4 is 5.43 Å². The Morgan fingerprint density at radius 2 is 1.82 bits per heavy atom. The number of carbonyl (C=O) groups is 1. The molecule has 0 radical (unpaired) electrons. The lowest BCUT2D eigenvalue weighted by atomic mass is 10.2. The first-order chi connectivity index (χ1) is 10.4. The molecule has 0 saturated carbocycles. The first kappa shape index (κ1) is 17.1. The normalized spacial score (nSPS) is 10.9. The van der Waals surface area contributed by atoms with Gasteiger partial charge in [0.15, 0.2) is 0 Å². The molecule has 22 heavy (non-hydrogen) atoms. The minimum atomic E-state index is -0.468. The Morgan fingerprint density at radius 3 is 2.45 bits per heavy atom. The second kappa shape index (κ2) is 7.34. The second-order valence-electron chi connectivity index (χ2n) is 4.12. The maximum Gasteiger partial charge on any atom is 0.271 e. The van der Waals surface area contributed by atoms with E-state index in [1.165, 1.54) is 30.5 Å². The zero-order valence-corrected chi connectivity index (χ0v) is 15.5. The number of amides is 1. The standard InChI is InChI=1S/C14H8Br3FN2O2/c15-10-5-11(16)13(21)12(17)9(10)6-19-20-14(22)7-1-3-8(18)4-2-7/h1-6,21H,(H,20,22)/b19-6-. The van der Waals surface area contributed by atoms with Crippen molar-refractivity contribution in [1.29, 1.82) is 0 Å². The average Bonchev–Trinajstić information content (AvgIpc) is 2.49. The lowest BCUT2D eigenvalue weighted by Crippen LogP contribution is -2.17. The fourth-order valence-corrected chi connectivity index (χ4v) is 3.86. The molecule has 0 saturated heterocycles. The molecule has 0 unspecified atom stereocenters. The van der Waals surface area contributed by atoms with E-state index in [9.17, 15) is 14.3 Å². The van der Waals surface area contributed by atoms with Crippen molar-refractivity contribution in [3.05, 3.63) is 60.7 Å². The molecule has 4 nitrogen and oxygen atoms in total. The third-order valence-electron chi connectivity index (χ3n) is 2.65. The zero-order chi connectivity index (χ0) is 16.3. The topological polar surface area (TPSA) is 61.7 Å². The van der Waals surface area contributed by atoms with Crippen LogP contribution >= 0.6 is 47.8 Å². The van der Waals surface area contributed by atoms with Crippen molar-refractivity contribution in [2.24, 2.45) is 5.10 Å². The summed E-state index contributed by atoms with van der Waals surface area (Å²) >= 11 is 9.79. The van der Waals surface area contributed by atoms with Gasteiger partial charge in [-0.2, -0.15) is 5.10 Å². The number of hydrazone groups is 1. The van der Waals surface area contributed by atoms with Gasteiger partial charge in [-0.25, -0.2) is 9.82 Å². The molecule has 0 heterocycles. The summed E-state index contributed by atoms with van der Waals surface area (Å²) in [4.78, 5) is 11.8. The van der Waals surface area contributed by atoms with E-state index in [2.05, 4.69) is 58.3 Å². The fourth-order valence-electron chi connectivity index (χ4n) is 1.53. The molecule has 8 heteroatoms. The van der Waals surface area contributed by atoms with E-state index in [4.69, 9.17) is 0 Å². The van der Waals surface area contributed by atoms with Crippen LogP contribution in [0.1, 0.15) is 15.9 Å². The van der Waals surface area contributed by atoms with Crippen molar-refractivity contribution in [3.63, 3.8) is 0 Å². The number of nitrogens with one attached hydrogen (secondary N) is 1. The molecule has 0 aromatic heterocycles. The molecule has 2 rings (SSSR count). The first-order valence-corrected chi connectivity index (χ1v) is 8.23. The first-order valence-electron chi connectivity index (χ1n) is 5.85. The maximum atomic E-state index is 12.8. The Morgan fingerprint density at radius 1 is 1.18 bits per heavy atom. The molecule has 2 N–H and O–H groups in total. The molecule has 0 fully saturated rings. The lowest BCUT2D eigenvalue weighted by molar-refractivity contribution is 0.0955. The highest BCUT2D eigenvalue weighted by Crippen LogP contribution is 2.38. The van der Waals surface area contributed by atoms with Crippen molar-refractivity contribution in [2.45, 2.75) is 0 Å². The molecule has 0 aliphatic carbocycles. The number of carbonyl (C=O) groups excluding carboxylic acids is 1. The molecule has 0 aliphatic rings. The van der Waals surface area contributed by atoms with Crippen molar-refractivity contribution in [3.8, 4) is 5.75 Å². The van der Waals surface area contributed by atoms with Gasteiger partial charge >= 0.3 is 0 Å². The van der Waals surface area contributed by atoms with Gasteiger partial charge in [0.05, 0.1) is 15.2 Å². The predicted octanol–water partition coefficient (Wildman–Crippen LogP) is 4.58. The van der Waals surface area contributed by atoms with E-state index >= 15 is 0 Å². The number of phenolic OH excluding ortho intramolecular Hbond substituents is 1. The van der Waals surface area contributed by atoms with Crippen LogP contribution in [0, 0.1) is 5.82 Å². The summed E-state index contributed by atoms with van der Waals surface area (Å²) < 4.78 is 14.4. The molecule has 0 spiro atoms. The molecule has 0 atom stereocenters. The minimum Gasteiger partial charge on any atom is -0.506 e. The van der Waals surface area contributed by atoms with Gasteiger partial charge in [0, 0.05) is 15.6 Å². The molecule has 0 bridgehead atoms. The van der Waals surface area contributed by atoms with Crippen LogP contribution in [-0.2, 0) is 0 Å². The monoisotopic (exact) mass is 492 g/mol. The van der Waals surface area contributed by atoms with Gasteiger partial charge in [-0.15, -0.1) is 0 Å². The van der Waals surface area contributed by atoms with E-state index < -0.39 is 11.7 Å². The Hall–Kier alpha value is -1.25. The van der Waals surface area contributed by atoms with Crippen LogP contribution in [0.25, 0.3) is 0 Å². The van der Waals surface area contributed by atoms with Crippen LogP contribution in [0.15, 0.2) is 48.9 Å². The highest BCUT2D eigenvalue weighted by Gasteiger charge is 2.12. The van der Waals surface area contributed by atoms with Gasteiger partial charge in [-0.1, -0.05) is 15.9 Å². The molecule has 2 aromatic carbocycles. The summed E-state index contributed by atoms with van der Waals surface area (Å²) in [5, 5.41) is 13.7. The van der Waals surface area contributed by atoms with E-state index in [1.54, 1.807) is 6.07 Å². The molecular formula is C14H8Br3FN2O2. The van der Waals surface area contributed by atoms with Crippen LogP contribution in [0.4, 0.5) is 4.39 Å². The number of aromatic hydroxyl groups is 1. The predicted molar refractivity (Wildman–Crippen MR) is 92.7 cm³/mol. The average molecular weight is 495 g/mol.